The molecule has 0 radical (unpaired) electrons. The molecule has 0 aliphatic carbocycles. The molecule has 0 aliphatic heterocycles. The van der Waals surface area contributed by atoms with E-state index >= 15 is 0 Å². The van der Waals surface area contributed by atoms with E-state index in [9.17, 15) is 4.79 Å². The second kappa shape index (κ2) is 2.19. The maximum atomic E-state index is 10.4. The van der Waals surface area contributed by atoms with Crippen molar-refractivity contribution in [3.8, 4) is 0 Å². The SMILES string of the molecule is C=C(C(N)=O)C(C)(C)N. The van der Waals surface area contributed by atoms with Crippen molar-refractivity contribution >= 4 is 5.91 Å². The molecule has 0 aliphatic rings. The van der Waals surface area contributed by atoms with Crippen molar-refractivity contribution in [2.24, 2.45) is 11.5 Å². The third-order valence-corrected chi connectivity index (χ3v) is 1.08. The highest BCUT2D eigenvalue weighted by atomic mass is 16.1. The highest BCUT2D eigenvalue weighted by Crippen LogP contribution is 2.07. The Bertz CT molecular complexity index is 144. The Kier molecular flexibility index (Phi) is 1.99. The molecular formula is C6H12N2O. The number of nitrogens with two attached hydrogens (primary N) is 2. The number of rotatable bonds is 2. The Morgan fingerprint density at radius 3 is 1.89 bits per heavy atom. The molecule has 0 aromatic carbocycles. The molecule has 0 spiro atoms. The number of hydrogen-bond acceptors (Lipinski definition) is 2. The number of amides is 1. The first-order valence-electron chi connectivity index (χ1n) is 2.64. The van der Waals surface area contributed by atoms with Gasteiger partial charge in [-0.25, -0.2) is 0 Å². The minimum atomic E-state index is -0.689. The third kappa shape index (κ3) is 2.28. The standard InChI is InChI=1S/C6H12N2O/c1-4(5(7)9)6(2,3)8/h1,8H2,2-3H3,(H2,7,9). The fraction of sp³-hybridized carbons (Fsp3) is 0.500. The lowest BCUT2D eigenvalue weighted by Crippen LogP contribution is -2.39. The van der Waals surface area contributed by atoms with E-state index in [1.807, 2.05) is 0 Å². The summed E-state index contributed by atoms with van der Waals surface area (Å²) in [5.41, 5.74) is 9.95. The Morgan fingerprint density at radius 1 is 1.56 bits per heavy atom. The first-order chi connectivity index (χ1) is 3.85. The predicted octanol–water partition coefficient (Wildman–Crippen LogP) is -0.235. The predicted molar refractivity (Wildman–Crippen MR) is 36.6 cm³/mol. The van der Waals surface area contributed by atoms with Gasteiger partial charge in [0, 0.05) is 11.1 Å². The van der Waals surface area contributed by atoms with Crippen LogP contribution in [-0.2, 0) is 4.79 Å². The van der Waals surface area contributed by atoms with Crippen molar-refractivity contribution in [3.05, 3.63) is 12.2 Å². The molecule has 0 bridgehead atoms. The van der Waals surface area contributed by atoms with Crippen LogP contribution >= 0.6 is 0 Å². The molecule has 0 heterocycles. The van der Waals surface area contributed by atoms with Crippen LogP contribution in [0.5, 0.6) is 0 Å². The fourth-order valence-electron chi connectivity index (χ4n) is 0.318. The van der Waals surface area contributed by atoms with Crippen LogP contribution in [-0.4, -0.2) is 11.4 Å². The van der Waals surface area contributed by atoms with Gasteiger partial charge in [-0.05, 0) is 13.8 Å². The van der Waals surface area contributed by atoms with Crippen LogP contribution in [0.1, 0.15) is 13.8 Å². The Hall–Kier alpha value is -0.830. The minimum absolute atomic E-state index is 0.252. The zero-order chi connectivity index (χ0) is 7.65. The quantitative estimate of drug-likeness (QED) is 0.504. The third-order valence-electron chi connectivity index (χ3n) is 1.08. The number of primary amides is 1. The van der Waals surface area contributed by atoms with Crippen molar-refractivity contribution in [1.29, 1.82) is 0 Å². The normalized spacial score (nSPS) is 11.0. The van der Waals surface area contributed by atoms with E-state index < -0.39 is 11.4 Å². The van der Waals surface area contributed by atoms with Gasteiger partial charge in [0.05, 0.1) is 0 Å². The van der Waals surface area contributed by atoms with E-state index in [2.05, 4.69) is 6.58 Å². The van der Waals surface area contributed by atoms with E-state index in [1.165, 1.54) is 0 Å². The van der Waals surface area contributed by atoms with Crippen LogP contribution in [0.3, 0.4) is 0 Å². The molecule has 0 aromatic heterocycles. The number of carbonyl (C=O) groups excluding carboxylic acids is 1. The second-order valence-electron chi connectivity index (χ2n) is 2.56. The average molecular weight is 128 g/mol. The topological polar surface area (TPSA) is 69.1 Å². The van der Waals surface area contributed by atoms with Gasteiger partial charge in [0.15, 0.2) is 0 Å². The molecule has 0 saturated carbocycles. The van der Waals surface area contributed by atoms with E-state index in [4.69, 9.17) is 11.5 Å². The summed E-state index contributed by atoms with van der Waals surface area (Å²) < 4.78 is 0. The van der Waals surface area contributed by atoms with Crippen molar-refractivity contribution in [2.75, 3.05) is 0 Å². The van der Waals surface area contributed by atoms with E-state index in [-0.39, 0.29) is 5.57 Å². The summed E-state index contributed by atoms with van der Waals surface area (Å²) in [5, 5.41) is 0. The molecule has 0 unspecified atom stereocenters. The van der Waals surface area contributed by atoms with Crippen LogP contribution in [0.2, 0.25) is 0 Å². The van der Waals surface area contributed by atoms with Crippen LogP contribution in [0.4, 0.5) is 0 Å². The molecule has 3 heteroatoms. The molecule has 9 heavy (non-hydrogen) atoms. The zero-order valence-electron chi connectivity index (χ0n) is 5.77. The molecule has 52 valence electrons. The largest absolute Gasteiger partial charge is 0.366 e. The first kappa shape index (κ1) is 8.17. The van der Waals surface area contributed by atoms with Gasteiger partial charge in [0.1, 0.15) is 0 Å². The average Bonchev–Trinajstić information content (AvgIpc) is 1.62. The van der Waals surface area contributed by atoms with Crippen molar-refractivity contribution in [2.45, 2.75) is 19.4 Å². The number of hydrogen-bond donors (Lipinski definition) is 2. The molecule has 1 amide bonds. The van der Waals surface area contributed by atoms with Crippen LogP contribution in [0.25, 0.3) is 0 Å². The summed E-state index contributed by atoms with van der Waals surface area (Å²) in [7, 11) is 0. The van der Waals surface area contributed by atoms with Crippen LogP contribution < -0.4 is 11.5 Å². The lowest BCUT2D eigenvalue weighted by Gasteiger charge is -2.18. The Balaban J connectivity index is 4.23. The van der Waals surface area contributed by atoms with Crippen LogP contribution in [0.15, 0.2) is 12.2 Å². The molecule has 0 saturated heterocycles. The Labute approximate surface area is 54.7 Å². The summed E-state index contributed by atoms with van der Waals surface area (Å²) in [5.74, 6) is -0.539. The monoisotopic (exact) mass is 128 g/mol. The smallest absolute Gasteiger partial charge is 0.245 e. The van der Waals surface area contributed by atoms with Crippen LogP contribution in [0, 0.1) is 0 Å². The lowest BCUT2D eigenvalue weighted by atomic mass is 9.97. The second-order valence-corrected chi connectivity index (χ2v) is 2.56. The van der Waals surface area contributed by atoms with Gasteiger partial charge in [-0.15, -0.1) is 0 Å². The van der Waals surface area contributed by atoms with Crippen molar-refractivity contribution < 1.29 is 4.79 Å². The summed E-state index contributed by atoms with van der Waals surface area (Å²) >= 11 is 0. The highest BCUT2D eigenvalue weighted by molar-refractivity contribution is 5.93. The molecule has 0 aromatic rings. The molecule has 0 rings (SSSR count). The molecular weight excluding hydrogens is 116 g/mol. The zero-order valence-corrected chi connectivity index (χ0v) is 5.77. The summed E-state index contributed by atoms with van der Waals surface area (Å²) in [6.45, 7) is 6.79. The molecule has 0 fully saturated rings. The fourth-order valence-corrected chi connectivity index (χ4v) is 0.318. The molecule has 0 atom stereocenters. The van der Waals surface area contributed by atoms with E-state index in [0.717, 1.165) is 0 Å². The summed E-state index contributed by atoms with van der Waals surface area (Å²) in [6.07, 6.45) is 0. The van der Waals surface area contributed by atoms with Gasteiger partial charge in [0.25, 0.3) is 0 Å². The van der Waals surface area contributed by atoms with Gasteiger partial charge in [-0.1, -0.05) is 6.58 Å². The molecule has 3 nitrogen and oxygen atoms in total. The summed E-state index contributed by atoms with van der Waals surface area (Å²) in [6, 6.07) is 0. The van der Waals surface area contributed by atoms with Gasteiger partial charge in [0.2, 0.25) is 5.91 Å². The Morgan fingerprint density at radius 2 is 1.89 bits per heavy atom. The lowest BCUT2D eigenvalue weighted by molar-refractivity contribution is -0.115. The maximum absolute atomic E-state index is 10.4. The first-order valence-corrected chi connectivity index (χ1v) is 2.64. The molecule has 4 N–H and O–H groups in total. The van der Waals surface area contributed by atoms with E-state index in [0.29, 0.717) is 0 Å². The van der Waals surface area contributed by atoms with Gasteiger partial charge >= 0.3 is 0 Å². The van der Waals surface area contributed by atoms with Gasteiger partial charge in [-0.2, -0.15) is 0 Å². The van der Waals surface area contributed by atoms with Crippen molar-refractivity contribution in [1.82, 2.24) is 0 Å². The van der Waals surface area contributed by atoms with E-state index in [1.54, 1.807) is 13.8 Å². The van der Waals surface area contributed by atoms with Gasteiger partial charge < -0.3 is 11.5 Å². The maximum Gasteiger partial charge on any atom is 0.245 e. The van der Waals surface area contributed by atoms with Crippen molar-refractivity contribution in [3.63, 3.8) is 0 Å². The minimum Gasteiger partial charge on any atom is -0.366 e. The number of carbonyl (C=O) groups is 1. The van der Waals surface area contributed by atoms with Gasteiger partial charge in [-0.3, -0.25) is 4.79 Å². The summed E-state index contributed by atoms with van der Waals surface area (Å²) in [4.78, 5) is 10.4. The highest BCUT2D eigenvalue weighted by Gasteiger charge is 2.19.